The van der Waals surface area contributed by atoms with Crippen LogP contribution in [0.1, 0.15) is 0 Å². The lowest BCUT2D eigenvalue weighted by Gasteiger charge is -2.09. The second kappa shape index (κ2) is 3.18. The van der Waals surface area contributed by atoms with Gasteiger partial charge in [0.25, 0.3) is 0 Å². The number of ether oxygens (including phenoxy) is 1. The number of aromatic nitrogens is 2. The average molecular weight is 153 g/mol. The Morgan fingerprint density at radius 2 is 2.18 bits per heavy atom. The monoisotopic (exact) mass is 153 g/mol. The van der Waals surface area contributed by atoms with Gasteiger partial charge < -0.3 is 9.64 Å². The Morgan fingerprint density at radius 1 is 1.45 bits per heavy atom. The van der Waals surface area contributed by atoms with Gasteiger partial charge in [0, 0.05) is 26.4 Å². The van der Waals surface area contributed by atoms with Gasteiger partial charge in [0.05, 0.1) is 7.11 Å². The van der Waals surface area contributed by atoms with Crippen LogP contribution in [0.5, 0.6) is 5.88 Å². The number of methoxy groups -OCH3 is 1. The summed E-state index contributed by atoms with van der Waals surface area (Å²) in [6.07, 6.45) is 1.67. The van der Waals surface area contributed by atoms with Gasteiger partial charge in [-0.15, -0.1) is 0 Å². The first-order valence-corrected chi connectivity index (χ1v) is 3.28. The fourth-order valence-electron chi connectivity index (χ4n) is 0.662. The van der Waals surface area contributed by atoms with Crippen molar-refractivity contribution < 1.29 is 4.74 Å². The maximum atomic E-state index is 4.93. The van der Waals surface area contributed by atoms with Crippen LogP contribution >= 0.6 is 0 Å². The second-order valence-corrected chi connectivity index (χ2v) is 2.29. The molecule has 0 bridgehead atoms. The molecule has 0 amide bonds. The summed E-state index contributed by atoms with van der Waals surface area (Å²) in [6, 6.07) is 1.72. The molecule has 0 radical (unpaired) electrons. The van der Waals surface area contributed by atoms with E-state index in [-0.39, 0.29) is 0 Å². The number of rotatable bonds is 2. The number of hydrogen-bond donors (Lipinski definition) is 0. The van der Waals surface area contributed by atoms with Crippen LogP contribution in [0.3, 0.4) is 0 Å². The molecule has 1 rings (SSSR count). The van der Waals surface area contributed by atoms with Gasteiger partial charge >= 0.3 is 0 Å². The van der Waals surface area contributed by atoms with Crippen LogP contribution in [0.25, 0.3) is 0 Å². The van der Waals surface area contributed by atoms with Gasteiger partial charge in [0.1, 0.15) is 0 Å². The van der Waals surface area contributed by atoms with E-state index in [1.54, 1.807) is 19.4 Å². The summed E-state index contributed by atoms with van der Waals surface area (Å²) >= 11 is 0. The third-order valence-corrected chi connectivity index (χ3v) is 1.23. The maximum absolute atomic E-state index is 4.93. The topological polar surface area (TPSA) is 38.2 Å². The minimum atomic E-state index is 0.587. The molecule has 1 heterocycles. The van der Waals surface area contributed by atoms with Crippen LogP contribution in [0.4, 0.5) is 5.95 Å². The molecule has 0 aromatic carbocycles. The van der Waals surface area contributed by atoms with E-state index in [0.717, 1.165) is 0 Å². The highest BCUT2D eigenvalue weighted by Gasteiger charge is 1.98. The lowest BCUT2D eigenvalue weighted by atomic mass is 10.6. The Kier molecular flexibility index (Phi) is 2.25. The molecule has 0 aliphatic rings. The van der Waals surface area contributed by atoms with Gasteiger partial charge in [-0.2, -0.15) is 4.98 Å². The van der Waals surface area contributed by atoms with Crippen LogP contribution in [0.2, 0.25) is 0 Å². The van der Waals surface area contributed by atoms with Crippen LogP contribution in [0, 0.1) is 0 Å². The van der Waals surface area contributed by atoms with Crippen molar-refractivity contribution in [3.05, 3.63) is 12.3 Å². The Hall–Kier alpha value is -1.32. The van der Waals surface area contributed by atoms with Crippen molar-refractivity contribution in [1.82, 2.24) is 9.97 Å². The van der Waals surface area contributed by atoms with Crippen molar-refractivity contribution in [2.24, 2.45) is 0 Å². The van der Waals surface area contributed by atoms with E-state index < -0.39 is 0 Å². The summed E-state index contributed by atoms with van der Waals surface area (Å²) < 4.78 is 4.93. The van der Waals surface area contributed by atoms with Gasteiger partial charge in [-0.05, 0) is 0 Å². The fraction of sp³-hybridized carbons (Fsp3) is 0.429. The molecule has 60 valence electrons. The van der Waals surface area contributed by atoms with Crippen LogP contribution in [0.15, 0.2) is 12.3 Å². The Labute approximate surface area is 65.8 Å². The van der Waals surface area contributed by atoms with E-state index in [4.69, 9.17) is 4.74 Å². The van der Waals surface area contributed by atoms with E-state index in [2.05, 4.69) is 9.97 Å². The molecule has 0 saturated heterocycles. The zero-order valence-corrected chi connectivity index (χ0v) is 6.90. The summed E-state index contributed by atoms with van der Waals surface area (Å²) in [7, 11) is 5.35. The van der Waals surface area contributed by atoms with Crippen molar-refractivity contribution in [3.63, 3.8) is 0 Å². The predicted octanol–water partition coefficient (Wildman–Crippen LogP) is 0.551. The minimum absolute atomic E-state index is 0.587. The summed E-state index contributed by atoms with van der Waals surface area (Å²) in [4.78, 5) is 9.93. The molecule has 4 heteroatoms. The van der Waals surface area contributed by atoms with Crippen molar-refractivity contribution in [1.29, 1.82) is 0 Å². The third-order valence-electron chi connectivity index (χ3n) is 1.23. The van der Waals surface area contributed by atoms with E-state index in [1.165, 1.54) is 0 Å². The molecule has 0 N–H and O–H groups in total. The largest absolute Gasteiger partial charge is 0.481 e. The van der Waals surface area contributed by atoms with Crippen molar-refractivity contribution in [3.8, 4) is 5.88 Å². The zero-order valence-electron chi connectivity index (χ0n) is 6.90. The minimum Gasteiger partial charge on any atom is -0.481 e. The van der Waals surface area contributed by atoms with Gasteiger partial charge in [0.15, 0.2) is 0 Å². The highest BCUT2D eigenvalue weighted by atomic mass is 16.5. The van der Waals surface area contributed by atoms with E-state index >= 15 is 0 Å². The SMILES string of the molecule is COc1ccnc(N(C)C)n1. The third kappa shape index (κ3) is 1.80. The fourth-order valence-corrected chi connectivity index (χ4v) is 0.662. The van der Waals surface area contributed by atoms with Crippen LogP contribution in [-0.4, -0.2) is 31.2 Å². The summed E-state index contributed by atoms with van der Waals surface area (Å²) in [6.45, 7) is 0. The Morgan fingerprint density at radius 3 is 2.73 bits per heavy atom. The summed E-state index contributed by atoms with van der Waals surface area (Å²) in [5.41, 5.74) is 0. The molecule has 11 heavy (non-hydrogen) atoms. The normalized spacial score (nSPS) is 9.36. The molecule has 0 atom stereocenters. The molecule has 0 aliphatic carbocycles. The van der Waals surface area contributed by atoms with E-state index in [9.17, 15) is 0 Å². The highest BCUT2D eigenvalue weighted by molar-refractivity contribution is 5.28. The molecule has 1 aromatic heterocycles. The van der Waals surface area contributed by atoms with Crippen molar-refractivity contribution >= 4 is 5.95 Å². The lowest BCUT2D eigenvalue weighted by molar-refractivity contribution is 0.397. The Balaban J connectivity index is 2.91. The quantitative estimate of drug-likeness (QED) is 0.622. The molecular weight excluding hydrogens is 142 g/mol. The maximum Gasteiger partial charge on any atom is 0.228 e. The molecule has 0 saturated carbocycles. The zero-order chi connectivity index (χ0) is 8.27. The Bertz CT molecular complexity index is 237. The van der Waals surface area contributed by atoms with Gasteiger partial charge in [-0.3, -0.25) is 0 Å². The molecule has 0 fully saturated rings. The molecule has 0 spiro atoms. The van der Waals surface area contributed by atoms with E-state index in [0.29, 0.717) is 11.8 Å². The number of anilines is 1. The first-order chi connectivity index (χ1) is 5.24. The summed E-state index contributed by atoms with van der Waals surface area (Å²) in [5, 5.41) is 0. The number of nitrogens with zero attached hydrogens (tertiary/aromatic N) is 3. The van der Waals surface area contributed by atoms with Crippen molar-refractivity contribution in [2.45, 2.75) is 0 Å². The number of hydrogen-bond acceptors (Lipinski definition) is 4. The first-order valence-electron chi connectivity index (χ1n) is 3.28. The molecule has 0 unspecified atom stereocenters. The van der Waals surface area contributed by atoms with Crippen LogP contribution < -0.4 is 9.64 Å². The van der Waals surface area contributed by atoms with Gasteiger partial charge in [-0.25, -0.2) is 4.98 Å². The van der Waals surface area contributed by atoms with Gasteiger partial charge in [0.2, 0.25) is 11.8 Å². The molecule has 0 aliphatic heterocycles. The smallest absolute Gasteiger partial charge is 0.228 e. The summed E-state index contributed by atoms with van der Waals surface area (Å²) in [5.74, 6) is 1.24. The highest BCUT2D eigenvalue weighted by Crippen LogP contribution is 2.08. The second-order valence-electron chi connectivity index (χ2n) is 2.29. The van der Waals surface area contributed by atoms with E-state index in [1.807, 2.05) is 19.0 Å². The molecular formula is C7H11N3O. The standard InChI is InChI=1S/C7H11N3O/c1-10(2)7-8-5-4-6(9-7)11-3/h4-5H,1-3H3. The van der Waals surface area contributed by atoms with Gasteiger partial charge in [-0.1, -0.05) is 0 Å². The lowest BCUT2D eigenvalue weighted by Crippen LogP contribution is -2.12. The first kappa shape index (κ1) is 7.78. The van der Waals surface area contributed by atoms with Crippen LogP contribution in [-0.2, 0) is 0 Å². The van der Waals surface area contributed by atoms with Crippen molar-refractivity contribution in [2.75, 3.05) is 26.1 Å². The average Bonchev–Trinajstić information content (AvgIpc) is 2.05. The predicted molar refractivity (Wildman–Crippen MR) is 42.9 cm³/mol. The molecule has 4 nitrogen and oxygen atoms in total. The molecule has 1 aromatic rings.